The van der Waals surface area contributed by atoms with Crippen LogP contribution in [0.2, 0.25) is 0 Å². The van der Waals surface area contributed by atoms with Crippen LogP contribution in [0.4, 0.5) is 17.1 Å². The van der Waals surface area contributed by atoms with Gasteiger partial charge in [-0.2, -0.15) is 9.98 Å². The van der Waals surface area contributed by atoms with Crippen molar-refractivity contribution in [1.82, 2.24) is 0 Å². The number of isocyanates is 2. The highest BCUT2D eigenvalue weighted by Gasteiger charge is 2.10. The molecular formula is C16H13N3O4. The Morgan fingerprint density at radius 3 is 2.13 bits per heavy atom. The van der Waals surface area contributed by atoms with Gasteiger partial charge in [0.1, 0.15) is 0 Å². The first-order chi connectivity index (χ1) is 11.1. The van der Waals surface area contributed by atoms with Gasteiger partial charge in [-0.15, -0.1) is 0 Å². The first-order valence-electron chi connectivity index (χ1n) is 6.60. The van der Waals surface area contributed by atoms with Crippen molar-refractivity contribution in [2.75, 3.05) is 0 Å². The second-order valence-electron chi connectivity index (χ2n) is 4.17. The van der Waals surface area contributed by atoms with Gasteiger partial charge >= 0.3 is 0 Å². The zero-order valence-corrected chi connectivity index (χ0v) is 12.3. The van der Waals surface area contributed by atoms with Gasteiger partial charge in [0.2, 0.25) is 12.2 Å². The maximum absolute atomic E-state index is 10.3. The highest BCUT2D eigenvalue weighted by molar-refractivity contribution is 5.61. The van der Waals surface area contributed by atoms with Gasteiger partial charge in [-0.3, -0.25) is 10.1 Å². The van der Waals surface area contributed by atoms with Crippen LogP contribution in [0.1, 0.15) is 12.5 Å². The molecular weight excluding hydrogens is 298 g/mol. The molecule has 0 fully saturated rings. The molecule has 0 heterocycles. The normalized spacial score (nSPS) is 8.74. The van der Waals surface area contributed by atoms with E-state index >= 15 is 0 Å². The van der Waals surface area contributed by atoms with Crippen molar-refractivity contribution in [2.45, 2.75) is 13.3 Å². The van der Waals surface area contributed by atoms with E-state index in [-0.39, 0.29) is 11.4 Å². The van der Waals surface area contributed by atoms with Crippen LogP contribution < -0.4 is 0 Å². The number of aliphatic imine (C=N–C) groups is 2. The third-order valence-electron chi connectivity index (χ3n) is 2.76. The number of nitro benzene ring substituents is 1. The molecule has 0 saturated heterocycles. The van der Waals surface area contributed by atoms with Crippen LogP contribution in [0.3, 0.4) is 0 Å². The molecule has 2 aromatic rings. The van der Waals surface area contributed by atoms with E-state index in [4.69, 9.17) is 0 Å². The number of rotatable bonds is 4. The highest BCUT2D eigenvalue weighted by Crippen LogP contribution is 2.25. The zero-order valence-electron chi connectivity index (χ0n) is 12.3. The average molecular weight is 311 g/mol. The molecule has 0 bridgehead atoms. The monoisotopic (exact) mass is 311 g/mol. The van der Waals surface area contributed by atoms with Crippen molar-refractivity contribution in [3.8, 4) is 0 Å². The molecule has 0 aliphatic heterocycles. The summed E-state index contributed by atoms with van der Waals surface area (Å²) in [5.74, 6) is 0. The topological polar surface area (TPSA) is 102 Å². The van der Waals surface area contributed by atoms with Gasteiger partial charge in [0.15, 0.2) is 5.69 Å². The Kier molecular flexibility index (Phi) is 7.31. The second-order valence-corrected chi connectivity index (χ2v) is 4.17. The van der Waals surface area contributed by atoms with Crippen molar-refractivity contribution >= 4 is 29.2 Å². The number of aryl methyl sites for hydroxylation is 1. The summed E-state index contributed by atoms with van der Waals surface area (Å²) in [7, 11) is 0. The number of hydrogen-bond donors (Lipinski definition) is 0. The first kappa shape index (κ1) is 17.7. The third kappa shape index (κ3) is 5.85. The maximum Gasteiger partial charge on any atom is 0.295 e. The lowest BCUT2D eigenvalue weighted by Gasteiger charge is -1.94. The summed E-state index contributed by atoms with van der Waals surface area (Å²) in [5.41, 5.74) is 1.74. The lowest BCUT2D eigenvalue weighted by Crippen LogP contribution is -1.86. The Morgan fingerprint density at radius 2 is 1.61 bits per heavy atom. The molecule has 0 amide bonds. The lowest BCUT2D eigenvalue weighted by molar-refractivity contribution is -0.384. The second kappa shape index (κ2) is 9.52. The summed E-state index contributed by atoms with van der Waals surface area (Å²) in [6.07, 6.45) is 3.75. The van der Waals surface area contributed by atoms with Crippen molar-refractivity contribution in [2.24, 2.45) is 9.98 Å². The maximum atomic E-state index is 10.3. The van der Waals surface area contributed by atoms with Crippen LogP contribution in [-0.4, -0.2) is 17.1 Å². The van der Waals surface area contributed by atoms with Gasteiger partial charge in [0, 0.05) is 6.07 Å². The summed E-state index contributed by atoms with van der Waals surface area (Å²) in [5, 5.41) is 10.3. The van der Waals surface area contributed by atoms with Gasteiger partial charge in [-0.1, -0.05) is 31.2 Å². The van der Waals surface area contributed by atoms with Gasteiger partial charge in [0.05, 0.1) is 10.6 Å². The molecule has 0 saturated carbocycles. The smallest absolute Gasteiger partial charge is 0.258 e. The first-order valence-corrected chi connectivity index (χ1v) is 6.60. The van der Waals surface area contributed by atoms with E-state index in [1.165, 1.54) is 35.9 Å². The molecule has 0 atom stereocenters. The van der Waals surface area contributed by atoms with Crippen molar-refractivity contribution in [3.63, 3.8) is 0 Å². The Balaban J connectivity index is 0.000000231. The molecule has 7 nitrogen and oxygen atoms in total. The summed E-state index contributed by atoms with van der Waals surface area (Å²) in [6.45, 7) is 2.08. The minimum absolute atomic E-state index is 0.0255. The summed E-state index contributed by atoms with van der Waals surface area (Å²) in [6, 6.07) is 13.2. The molecule has 0 N–H and O–H groups in total. The zero-order chi connectivity index (χ0) is 17.1. The molecule has 0 spiro atoms. The number of hydrogen-bond acceptors (Lipinski definition) is 6. The van der Waals surface area contributed by atoms with Crippen molar-refractivity contribution in [3.05, 3.63) is 64.2 Å². The van der Waals surface area contributed by atoms with E-state index < -0.39 is 4.92 Å². The van der Waals surface area contributed by atoms with Gasteiger partial charge in [-0.05, 0) is 30.2 Å². The molecule has 7 heteroatoms. The van der Waals surface area contributed by atoms with Crippen LogP contribution in [0, 0.1) is 10.1 Å². The SMILES string of the molecule is CCc1ccc(N=C=O)cc1.O=C=Nc1ccccc1[N+](=O)[O-]. The van der Waals surface area contributed by atoms with E-state index in [0.29, 0.717) is 5.69 Å². The average Bonchev–Trinajstić information content (AvgIpc) is 2.57. The van der Waals surface area contributed by atoms with E-state index in [1.54, 1.807) is 6.07 Å². The molecule has 0 aliphatic rings. The summed E-state index contributed by atoms with van der Waals surface area (Å²) >= 11 is 0. The highest BCUT2D eigenvalue weighted by atomic mass is 16.6. The van der Waals surface area contributed by atoms with E-state index in [1.807, 2.05) is 24.3 Å². The minimum Gasteiger partial charge on any atom is -0.258 e. The molecule has 0 aliphatic carbocycles. The van der Waals surface area contributed by atoms with Crippen LogP contribution in [0.5, 0.6) is 0 Å². The van der Waals surface area contributed by atoms with Gasteiger partial charge in [-0.25, -0.2) is 9.59 Å². The van der Waals surface area contributed by atoms with Crippen molar-refractivity contribution in [1.29, 1.82) is 0 Å². The number of benzene rings is 2. The van der Waals surface area contributed by atoms with E-state index in [2.05, 4.69) is 16.9 Å². The molecule has 2 aromatic carbocycles. The Hall–Kier alpha value is -3.40. The molecule has 0 radical (unpaired) electrons. The van der Waals surface area contributed by atoms with E-state index in [9.17, 15) is 19.7 Å². The van der Waals surface area contributed by atoms with Gasteiger partial charge < -0.3 is 0 Å². The number of carbonyl (C=O) groups excluding carboxylic acids is 2. The van der Waals surface area contributed by atoms with Gasteiger partial charge in [0.25, 0.3) is 5.69 Å². The van der Waals surface area contributed by atoms with Crippen LogP contribution in [0.15, 0.2) is 58.5 Å². The van der Waals surface area contributed by atoms with E-state index in [0.717, 1.165) is 6.42 Å². The Morgan fingerprint density at radius 1 is 1.00 bits per heavy atom. The van der Waals surface area contributed by atoms with Crippen LogP contribution in [0.25, 0.3) is 0 Å². The number of para-hydroxylation sites is 2. The third-order valence-corrected chi connectivity index (χ3v) is 2.76. The Labute approximate surface area is 132 Å². The quantitative estimate of drug-likeness (QED) is 0.371. The molecule has 0 aromatic heterocycles. The Bertz CT molecular complexity index is 738. The summed E-state index contributed by atoms with van der Waals surface area (Å²) < 4.78 is 0. The molecule has 2 rings (SSSR count). The fourth-order valence-corrected chi connectivity index (χ4v) is 1.62. The van der Waals surface area contributed by atoms with Crippen LogP contribution in [-0.2, 0) is 16.0 Å². The molecule has 116 valence electrons. The fraction of sp³-hybridized carbons (Fsp3) is 0.125. The fourth-order valence-electron chi connectivity index (χ4n) is 1.62. The largest absolute Gasteiger partial charge is 0.295 e. The number of nitrogens with zero attached hydrogens (tertiary/aromatic N) is 3. The number of nitro groups is 1. The predicted octanol–water partition coefficient (Wildman–Crippen LogP) is 3.78. The predicted molar refractivity (Wildman–Crippen MR) is 84.5 cm³/mol. The standard InChI is InChI=1S/C9H9NO.C7H4N2O3/c1-2-8-3-5-9(6-4-8)10-7-11;10-5-8-6-3-1-2-4-7(6)9(11)12/h3-6H,2H2,1H3;1-4H. The molecule has 0 unspecified atom stereocenters. The molecule has 23 heavy (non-hydrogen) atoms. The lowest BCUT2D eigenvalue weighted by atomic mass is 10.2. The summed E-state index contributed by atoms with van der Waals surface area (Å²) in [4.78, 5) is 36.0. The van der Waals surface area contributed by atoms with Crippen LogP contribution >= 0.6 is 0 Å². The van der Waals surface area contributed by atoms with Crippen molar-refractivity contribution < 1.29 is 14.5 Å². The minimum atomic E-state index is -0.601.